The largest absolute Gasteiger partial charge is 0.493 e. The Labute approximate surface area is 213 Å². The fraction of sp³-hybridized carbons (Fsp3) is 0.536. The van der Waals surface area contributed by atoms with Gasteiger partial charge in [-0.3, -0.25) is 9.69 Å². The van der Waals surface area contributed by atoms with Crippen LogP contribution in [0.15, 0.2) is 36.4 Å². The second-order valence-electron chi connectivity index (χ2n) is 10.2. The van der Waals surface area contributed by atoms with Crippen LogP contribution in [0, 0.1) is 5.92 Å². The van der Waals surface area contributed by atoms with Gasteiger partial charge >= 0.3 is 0 Å². The lowest BCUT2D eigenvalue weighted by Gasteiger charge is -2.36. The smallest absolute Gasteiger partial charge is 0.253 e. The Morgan fingerprint density at radius 1 is 0.971 bits per heavy atom. The van der Waals surface area contributed by atoms with Crippen molar-refractivity contribution in [2.24, 2.45) is 5.92 Å². The van der Waals surface area contributed by atoms with Crippen LogP contribution >= 0.6 is 23.2 Å². The van der Waals surface area contributed by atoms with Crippen LogP contribution in [0.25, 0.3) is 0 Å². The lowest BCUT2D eigenvalue weighted by molar-refractivity contribution is 0.0792. The third-order valence-electron chi connectivity index (χ3n) is 7.71. The van der Waals surface area contributed by atoms with Crippen LogP contribution in [0.5, 0.6) is 5.75 Å². The molecule has 1 atom stereocenters. The Kier molecular flexibility index (Phi) is 7.38. The van der Waals surface area contributed by atoms with Crippen molar-refractivity contribution in [1.29, 1.82) is 0 Å². The predicted molar refractivity (Wildman–Crippen MR) is 138 cm³/mol. The predicted octanol–water partition coefficient (Wildman–Crippen LogP) is 6.96. The van der Waals surface area contributed by atoms with E-state index in [1.165, 1.54) is 24.0 Å². The summed E-state index contributed by atoms with van der Waals surface area (Å²) in [6, 6.07) is 12.2. The van der Waals surface area contributed by atoms with Crippen molar-refractivity contribution in [2.75, 3.05) is 32.8 Å². The van der Waals surface area contributed by atoms with Crippen LogP contribution < -0.4 is 4.74 Å². The molecule has 1 aliphatic carbocycles. The summed E-state index contributed by atoms with van der Waals surface area (Å²) in [6.45, 7) is 6.82. The number of halogens is 2. The summed E-state index contributed by atoms with van der Waals surface area (Å²) in [7, 11) is 0. The number of carbonyl (C=O) groups is 1. The van der Waals surface area contributed by atoms with Gasteiger partial charge < -0.3 is 9.64 Å². The van der Waals surface area contributed by atoms with Gasteiger partial charge in [-0.1, -0.05) is 23.2 Å². The van der Waals surface area contributed by atoms with E-state index >= 15 is 0 Å². The van der Waals surface area contributed by atoms with Gasteiger partial charge in [0, 0.05) is 34.7 Å². The number of rotatable bonds is 7. The molecule has 0 bridgehead atoms. The highest BCUT2D eigenvalue weighted by Crippen LogP contribution is 2.45. The van der Waals surface area contributed by atoms with Gasteiger partial charge in [-0.15, -0.1) is 0 Å². The van der Waals surface area contributed by atoms with Gasteiger partial charge in [-0.25, -0.2) is 0 Å². The fourth-order valence-electron chi connectivity index (χ4n) is 5.37. The Morgan fingerprint density at radius 3 is 2.29 bits per heavy atom. The van der Waals surface area contributed by atoms with Gasteiger partial charge in [0.05, 0.1) is 6.61 Å². The van der Waals surface area contributed by atoms with Crippen LogP contribution in [0.2, 0.25) is 10.0 Å². The number of piperidine rings is 1. The van der Waals surface area contributed by atoms with Crippen molar-refractivity contribution in [1.82, 2.24) is 9.80 Å². The van der Waals surface area contributed by atoms with Gasteiger partial charge in [0.1, 0.15) is 5.75 Å². The maximum absolute atomic E-state index is 12.8. The molecule has 0 aromatic heterocycles. The first-order chi connectivity index (χ1) is 16.5. The van der Waals surface area contributed by atoms with Crippen LogP contribution in [0.1, 0.15) is 78.9 Å². The topological polar surface area (TPSA) is 32.8 Å². The highest BCUT2D eigenvalue weighted by atomic mass is 35.5. The molecule has 6 heteroatoms. The molecule has 2 aliphatic heterocycles. The first-order valence-corrected chi connectivity index (χ1v) is 13.5. The second kappa shape index (κ2) is 10.5. The molecule has 2 saturated heterocycles. The van der Waals surface area contributed by atoms with Crippen molar-refractivity contribution >= 4 is 29.1 Å². The first-order valence-electron chi connectivity index (χ1n) is 12.7. The molecule has 0 spiro atoms. The van der Waals surface area contributed by atoms with Gasteiger partial charge in [-0.05, 0) is 118 Å². The number of hydrogen-bond donors (Lipinski definition) is 0. The SMILES string of the molecule is CC(c1cc(Cl)cc(Cl)c1)N1CCC(COc2ccc(C(=O)N3CCCC3)cc2C2CC2)CC1. The minimum Gasteiger partial charge on any atom is -0.493 e. The van der Waals surface area contributed by atoms with E-state index < -0.39 is 0 Å². The summed E-state index contributed by atoms with van der Waals surface area (Å²) in [5, 5.41) is 1.38. The van der Waals surface area contributed by atoms with E-state index in [1.807, 2.05) is 29.2 Å². The zero-order valence-corrected chi connectivity index (χ0v) is 21.5. The summed E-state index contributed by atoms with van der Waals surface area (Å²) in [5.74, 6) is 2.25. The van der Waals surface area contributed by atoms with Crippen LogP contribution in [0.4, 0.5) is 0 Å². The summed E-state index contributed by atoms with van der Waals surface area (Å²) in [5.41, 5.74) is 3.22. The molecular formula is C28H34Cl2N2O2. The third kappa shape index (κ3) is 5.56. The maximum atomic E-state index is 12.8. The van der Waals surface area contributed by atoms with Gasteiger partial charge in [-0.2, -0.15) is 0 Å². The Bertz CT molecular complexity index is 1000. The molecule has 3 fully saturated rings. The number of carbonyl (C=O) groups excluding carboxylic acids is 1. The molecule has 0 radical (unpaired) electrons. The third-order valence-corrected chi connectivity index (χ3v) is 8.14. The number of hydrogen-bond acceptors (Lipinski definition) is 3. The van der Waals surface area contributed by atoms with E-state index in [0.717, 1.165) is 69.8 Å². The van der Waals surface area contributed by atoms with Crippen LogP contribution in [-0.4, -0.2) is 48.5 Å². The average molecular weight is 501 g/mol. The minimum atomic E-state index is 0.174. The number of nitrogens with zero attached hydrogens (tertiary/aromatic N) is 2. The number of ether oxygens (including phenoxy) is 1. The monoisotopic (exact) mass is 500 g/mol. The summed E-state index contributed by atoms with van der Waals surface area (Å²) < 4.78 is 6.37. The molecule has 4 nitrogen and oxygen atoms in total. The Hall–Kier alpha value is -1.75. The molecule has 1 saturated carbocycles. The van der Waals surface area contributed by atoms with Crippen LogP contribution in [0.3, 0.4) is 0 Å². The lowest BCUT2D eigenvalue weighted by atomic mass is 9.95. The molecule has 2 aromatic carbocycles. The first kappa shape index (κ1) is 24.0. The molecule has 3 aliphatic rings. The molecule has 182 valence electrons. The second-order valence-corrected chi connectivity index (χ2v) is 11.1. The van der Waals surface area contributed by atoms with E-state index in [4.69, 9.17) is 27.9 Å². The summed E-state index contributed by atoms with van der Waals surface area (Å²) in [4.78, 5) is 17.3. The van der Waals surface area contributed by atoms with Gasteiger partial charge in [0.15, 0.2) is 0 Å². The Balaban J connectivity index is 1.17. The zero-order valence-electron chi connectivity index (χ0n) is 19.9. The Morgan fingerprint density at radius 2 is 1.65 bits per heavy atom. The molecule has 1 amide bonds. The normalized spacial score (nSPS) is 20.5. The molecule has 1 unspecified atom stereocenters. The van der Waals surface area contributed by atoms with Crippen molar-refractivity contribution in [2.45, 2.75) is 57.4 Å². The minimum absolute atomic E-state index is 0.174. The molecule has 2 aromatic rings. The standard InChI is InChI=1S/C28H34Cl2N2O2/c1-19(23-14-24(29)17-25(30)15-23)31-12-8-20(9-13-31)18-34-27-7-6-22(16-26(27)21-4-5-21)28(33)32-10-2-3-11-32/h6-7,14-17,19-21H,2-5,8-13,18H2,1H3. The number of likely N-dealkylation sites (tertiary alicyclic amines) is 2. The molecule has 5 rings (SSSR count). The number of amides is 1. The zero-order chi connectivity index (χ0) is 23.7. The van der Waals surface area contributed by atoms with Gasteiger partial charge in [0.2, 0.25) is 0 Å². The summed E-state index contributed by atoms with van der Waals surface area (Å²) >= 11 is 12.4. The fourth-order valence-corrected chi connectivity index (χ4v) is 5.91. The quantitative estimate of drug-likeness (QED) is 0.411. The maximum Gasteiger partial charge on any atom is 0.253 e. The van der Waals surface area contributed by atoms with Crippen molar-refractivity contribution < 1.29 is 9.53 Å². The van der Waals surface area contributed by atoms with E-state index in [9.17, 15) is 4.79 Å². The molecule has 34 heavy (non-hydrogen) atoms. The molecule has 0 N–H and O–H groups in total. The average Bonchev–Trinajstić information content (AvgIpc) is 3.54. The van der Waals surface area contributed by atoms with Crippen molar-refractivity contribution in [3.63, 3.8) is 0 Å². The van der Waals surface area contributed by atoms with E-state index in [1.54, 1.807) is 6.07 Å². The lowest BCUT2D eigenvalue weighted by Crippen LogP contribution is -2.37. The highest BCUT2D eigenvalue weighted by Gasteiger charge is 2.30. The van der Waals surface area contributed by atoms with Crippen molar-refractivity contribution in [3.8, 4) is 5.75 Å². The van der Waals surface area contributed by atoms with E-state index in [2.05, 4.69) is 17.9 Å². The highest BCUT2D eigenvalue weighted by molar-refractivity contribution is 6.34. The summed E-state index contributed by atoms with van der Waals surface area (Å²) in [6.07, 6.45) is 6.86. The van der Waals surface area contributed by atoms with Crippen molar-refractivity contribution in [3.05, 3.63) is 63.1 Å². The molecule has 2 heterocycles. The number of benzene rings is 2. The van der Waals surface area contributed by atoms with E-state index in [0.29, 0.717) is 27.9 Å². The van der Waals surface area contributed by atoms with Gasteiger partial charge in [0.25, 0.3) is 5.91 Å². The molecular weight excluding hydrogens is 467 g/mol. The van der Waals surface area contributed by atoms with E-state index in [-0.39, 0.29) is 5.91 Å². The van der Waals surface area contributed by atoms with Crippen LogP contribution in [-0.2, 0) is 0 Å².